The molecule has 0 spiro atoms. The topological polar surface area (TPSA) is 83.5 Å². The summed E-state index contributed by atoms with van der Waals surface area (Å²) in [7, 11) is -3.78. The number of rotatable bonds is 4. The Hall–Kier alpha value is -0.440. The smallest absolute Gasteiger partial charge is 0.324 e. The summed E-state index contributed by atoms with van der Waals surface area (Å²) in [5, 5.41) is 9.37. The Morgan fingerprint density at radius 3 is 2.42 bits per heavy atom. The van der Waals surface area contributed by atoms with E-state index in [0.29, 0.717) is 16.6 Å². The van der Waals surface area contributed by atoms with E-state index in [4.69, 9.17) is 0 Å². The number of halogens is 1. The van der Waals surface area contributed by atoms with Crippen LogP contribution in [0.25, 0.3) is 0 Å². The van der Waals surface area contributed by atoms with Gasteiger partial charge in [0.2, 0.25) is 0 Å². The van der Waals surface area contributed by atoms with E-state index in [0.717, 1.165) is 30.6 Å². The Kier molecular flexibility index (Phi) is 4.34. The first-order valence-corrected chi connectivity index (χ1v) is 8.98. The second-order valence-corrected chi connectivity index (χ2v) is 8.98. The van der Waals surface area contributed by atoms with Crippen LogP contribution in [0, 0.1) is 0 Å². The van der Waals surface area contributed by atoms with Crippen molar-refractivity contribution in [2.24, 2.45) is 0 Å². The molecular formula is C11H14BrNO4S2. The normalized spacial score (nSPS) is 19.2. The molecule has 8 heteroatoms. The van der Waals surface area contributed by atoms with Gasteiger partial charge < -0.3 is 5.11 Å². The number of carboxylic acids is 1. The zero-order valence-corrected chi connectivity index (χ0v) is 13.3. The second kappa shape index (κ2) is 5.51. The summed E-state index contributed by atoms with van der Waals surface area (Å²) < 4.78 is 27.7. The molecule has 5 nitrogen and oxygen atoms in total. The first kappa shape index (κ1) is 15.0. The monoisotopic (exact) mass is 367 g/mol. The van der Waals surface area contributed by atoms with Gasteiger partial charge in [-0.05, 0) is 40.9 Å². The standard InChI is InChI=1S/C11H14BrNO4S2/c12-8-4-5-9(18-8)19(16,17)13-11(10(14)15)6-2-1-3-7-11/h4-5,13H,1-3,6-7H2,(H,14,15). The molecule has 1 aliphatic rings. The zero-order chi connectivity index (χ0) is 14.1. The van der Waals surface area contributed by atoms with E-state index in [2.05, 4.69) is 20.7 Å². The quantitative estimate of drug-likeness (QED) is 0.856. The lowest BCUT2D eigenvalue weighted by atomic mass is 9.83. The summed E-state index contributed by atoms with van der Waals surface area (Å²) >= 11 is 4.27. The van der Waals surface area contributed by atoms with Crippen LogP contribution in [-0.4, -0.2) is 25.0 Å². The Balaban J connectivity index is 2.29. The molecule has 2 N–H and O–H groups in total. The second-order valence-electron chi connectivity index (χ2n) is 4.61. The molecule has 0 unspecified atom stereocenters. The van der Waals surface area contributed by atoms with Crippen molar-refractivity contribution >= 4 is 43.3 Å². The molecule has 0 aliphatic heterocycles. The molecule has 1 aliphatic carbocycles. The lowest BCUT2D eigenvalue weighted by Crippen LogP contribution is -2.55. The van der Waals surface area contributed by atoms with Crippen molar-refractivity contribution in [3.8, 4) is 0 Å². The van der Waals surface area contributed by atoms with Gasteiger partial charge in [0.05, 0.1) is 3.79 Å². The van der Waals surface area contributed by atoms with Crippen molar-refractivity contribution in [2.75, 3.05) is 0 Å². The van der Waals surface area contributed by atoms with Crippen molar-refractivity contribution in [3.05, 3.63) is 15.9 Å². The Labute approximate surface area is 124 Å². The SMILES string of the molecule is O=C(O)C1(NS(=O)(=O)c2ccc(Br)s2)CCCCC1. The van der Waals surface area contributed by atoms with Crippen molar-refractivity contribution < 1.29 is 18.3 Å². The van der Waals surface area contributed by atoms with Gasteiger partial charge >= 0.3 is 5.97 Å². The van der Waals surface area contributed by atoms with E-state index < -0.39 is 21.5 Å². The maximum Gasteiger partial charge on any atom is 0.324 e. The summed E-state index contributed by atoms with van der Waals surface area (Å²) in [4.78, 5) is 11.5. The maximum absolute atomic E-state index is 12.2. The fourth-order valence-corrected chi connectivity index (χ4v) is 5.69. The summed E-state index contributed by atoms with van der Waals surface area (Å²) in [6, 6.07) is 3.10. The molecule has 1 saturated carbocycles. The van der Waals surface area contributed by atoms with Crippen molar-refractivity contribution in [3.63, 3.8) is 0 Å². The number of hydrogen-bond donors (Lipinski definition) is 2. The number of aliphatic carboxylic acids is 1. The average Bonchev–Trinajstić information content (AvgIpc) is 2.77. The number of thiophene rings is 1. The number of carbonyl (C=O) groups is 1. The minimum Gasteiger partial charge on any atom is -0.480 e. The van der Waals surface area contributed by atoms with Gasteiger partial charge in [-0.3, -0.25) is 4.79 Å². The highest BCUT2D eigenvalue weighted by Crippen LogP contribution is 2.32. The van der Waals surface area contributed by atoms with E-state index in [9.17, 15) is 18.3 Å². The van der Waals surface area contributed by atoms with Gasteiger partial charge in [0.15, 0.2) is 0 Å². The van der Waals surface area contributed by atoms with Gasteiger partial charge in [-0.15, -0.1) is 11.3 Å². The first-order valence-electron chi connectivity index (χ1n) is 5.88. The van der Waals surface area contributed by atoms with Crippen molar-refractivity contribution in [1.29, 1.82) is 0 Å². The van der Waals surface area contributed by atoms with Crippen LogP contribution in [0.3, 0.4) is 0 Å². The molecule has 0 saturated heterocycles. The highest BCUT2D eigenvalue weighted by atomic mass is 79.9. The Morgan fingerprint density at radius 2 is 1.95 bits per heavy atom. The Bertz CT molecular complexity index is 575. The highest BCUT2D eigenvalue weighted by molar-refractivity contribution is 9.11. The fraction of sp³-hybridized carbons (Fsp3) is 0.545. The molecule has 1 aromatic rings. The Morgan fingerprint density at radius 1 is 1.32 bits per heavy atom. The van der Waals surface area contributed by atoms with Crippen LogP contribution in [0.1, 0.15) is 32.1 Å². The molecule has 0 bridgehead atoms. The molecule has 1 fully saturated rings. The molecule has 1 aromatic heterocycles. The average molecular weight is 368 g/mol. The predicted molar refractivity (Wildman–Crippen MR) is 75.8 cm³/mol. The molecule has 1 heterocycles. The summed E-state index contributed by atoms with van der Waals surface area (Å²) in [5.74, 6) is -1.09. The number of hydrogen-bond acceptors (Lipinski definition) is 4. The summed E-state index contributed by atoms with van der Waals surface area (Å²) in [6.07, 6.45) is 3.08. The highest BCUT2D eigenvalue weighted by Gasteiger charge is 2.43. The molecule has 0 atom stereocenters. The molecular weight excluding hydrogens is 354 g/mol. The van der Waals surface area contributed by atoms with Crippen LogP contribution < -0.4 is 4.72 Å². The summed E-state index contributed by atoms with van der Waals surface area (Å²) in [5.41, 5.74) is -1.35. The van der Waals surface area contributed by atoms with Gasteiger partial charge in [-0.25, -0.2) is 8.42 Å². The van der Waals surface area contributed by atoms with Gasteiger partial charge in [-0.1, -0.05) is 19.3 Å². The first-order chi connectivity index (χ1) is 8.86. The minimum absolute atomic E-state index is 0.130. The van der Waals surface area contributed by atoms with Crippen molar-refractivity contribution in [1.82, 2.24) is 4.72 Å². The molecule has 19 heavy (non-hydrogen) atoms. The largest absolute Gasteiger partial charge is 0.480 e. The summed E-state index contributed by atoms with van der Waals surface area (Å²) in [6.45, 7) is 0. The van der Waals surface area contributed by atoms with Crippen LogP contribution in [0.4, 0.5) is 0 Å². The molecule has 106 valence electrons. The van der Waals surface area contributed by atoms with Crippen LogP contribution in [0.5, 0.6) is 0 Å². The lowest BCUT2D eigenvalue weighted by Gasteiger charge is -2.33. The third-order valence-corrected chi connectivity index (χ3v) is 6.91. The molecule has 0 amide bonds. The molecule has 0 radical (unpaired) electrons. The fourth-order valence-electron chi connectivity index (χ4n) is 2.26. The van der Waals surface area contributed by atoms with Crippen LogP contribution in [-0.2, 0) is 14.8 Å². The third-order valence-electron chi connectivity index (χ3n) is 3.26. The minimum atomic E-state index is -3.78. The zero-order valence-electron chi connectivity index (χ0n) is 10.1. The maximum atomic E-state index is 12.2. The van der Waals surface area contributed by atoms with Crippen LogP contribution in [0.2, 0.25) is 0 Å². The van der Waals surface area contributed by atoms with Crippen LogP contribution in [0.15, 0.2) is 20.1 Å². The molecule has 0 aromatic carbocycles. The van der Waals surface area contributed by atoms with E-state index in [1.54, 1.807) is 6.07 Å². The van der Waals surface area contributed by atoms with Gasteiger partial charge in [0.25, 0.3) is 10.0 Å². The number of sulfonamides is 1. The molecule has 2 rings (SSSR count). The van der Waals surface area contributed by atoms with E-state index >= 15 is 0 Å². The van der Waals surface area contributed by atoms with E-state index in [1.165, 1.54) is 6.07 Å². The van der Waals surface area contributed by atoms with Gasteiger partial charge in [0, 0.05) is 0 Å². The van der Waals surface area contributed by atoms with Gasteiger partial charge in [-0.2, -0.15) is 4.72 Å². The number of carboxylic acid groups (broad SMARTS) is 1. The number of nitrogens with one attached hydrogen (secondary N) is 1. The predicted octanol–water partition coefficient (Wildman–Crippen LogP) is 2.58. The third kappa shape index (κ3) is 3.18. The van der Waals surface area contributed by atoms with Crippen LogP contribution >= 0.6 is 27.3 Å². The van der Waals surface area contributed by atoms with Gasteiger partial charge in [0.1, 0.15) is 9.75 Å². The van der Waals surface area contributed by atoms with E-state index in [-0.39, 0.29) is 4.21 Å². The lowest BCUT2D eigenvalue weighted by molar-refractivity contribution is -0.145. The van der Waals surface area contributed by atoms with Crippen molar-refractivity contribution in [2.45, 2.75) is 41.9 Å². The van der Waals surface area contributed by atoms with E-state index in [1.807, 2.05) is 0 Å².